The maximum absolute atomic E-state index is 13.9. The molecule has 7 heteroatoms. The number of anilines is 1. The quantitative estimate of drug-likeness (QED) is 0.470. The molecule has 0 spiro atoms. The van der Waals surface area contributed by atoms with Crippen LogP contribution in [0.5, 0.6) is 0 Å². The zero-order valence-corrected chi connectivity index (χ0v) is 17.9. The van der Waals surface area contributed by atoms with Gasteiger partial charge < -0.3 is 5.32 Å². The highest BCUT2D eigenvalue weighted by Gasteiger charge is 2.22. The fourth-order valence-corrected chi connectivity index (χ4v) is 4.38. The van der Waals surface area contributed by atoms with E-state index in [1.165, 1.54) is 12.5 Å². The fourth-order valence-electron chi connectivity index (χ4n) is 4.38. The van der Waals surface area contributed by atoms with Crippen molar-refractivity contribution in [2.75, 3.05) is 5.32 Å². The van der Waals surface area contributed by atoms with E-state index >= 15 is 0 Å². The van der Waals surface area contributed by atoms with Gasteiger partial charge in [-0.15, -0.1) is 0 Å². The number of carbonyl (C=O) groups is 1. The van der Waals surface area contributed by atoms with E-state index in [1.54, 1.807) is 36.0 Å². The van der Waals surface area contributed by atoms with Crippen molar-refractivity contribution in [3.05, 3.63) is 66.2 Å². The van der Waals surface area contributed by atoms with Crippen molar-refractivity contribution in [3.8, 4) is 22.5 Å². The van der Waals surface area contributed by atoms with Gasteiger partial charge in [0.25, 0.3) is 0 Å². The second kappa shape index (κ2) is 8.49. The number of halogens is 1. The molecule has 0 atom stereocenters. The normalized spacial score (nSPS) is 14.6. The predicted octanol–water partition coefficient (Wildman–Crippen LogP) is 5.42. The van der Waals surface area contributed by atoms with Gasteiger partial charge in [0.05, 0.1) is 5.69 Å². The summed E-state index contributed by atoms with van der Waals surface area (Å²) in [7, 11) is 0. The van der Waals surface area contributed by atoms with Crippen molar-refractivity contribution >= 4 is 17.4 Å². The lowest BCUT2D eigenvalue weighted by Gasteiger charge is -2.20. The summed E-state index contributed by atoms with van der Waals surface area (Å²) in [5, 5.41) is 7.47. The lowest BCUT2D eigenvalue weighted by molar-refractivity contribution is -0.120. The molecule has 1 fully saturated rings. The number of fused-ring (bicyclic) bond motifs is 1. The van der Waals surface area contributed by atoms with Crippen LogP contribution in [0.1, 0.15) is 37.7 Å². The SMILES string of the molecule is Cc1cc(-c2nc3cccnn3c2-c2ccnc(NC(=O)C3CCCCC3)c2)ccc1F. The molecule has 0 unspecified atom stereocenters. The number of nitrogens with zero attached hydrogens (tertiary/aromatic N) is 4. The van der Waals surface area contributed by atoms with E-state index in [2.05, 4.69) is 15.4 Å². The predicted molar refractivity (Wildman–Crippen MR) is 122 cm³/mol. The summed E-state index contributed by atoms with van der Waals surface area (Å²) in [5.74, 6) is 0.323. The van der Waals surface area contributed by atoms with Gasteiger partial charge in [-0.2, -0.15) is 5.10 Å². The summed E-state index contributed by atoms with van der Waals surface area (Å²) in [4.78, 5) is 21.8. The molecule has 3 aromatic heterocycles. The maximum atomic E-state index is 13.9. The van der Waals surface area contributed by atoms with Crippen molar-refractivity contribution in [3.63, 3.8) is 0 Å². The Bertz CT molecular complexity index is 1290. The lowest BCUT2D eigenvalue weighted by atomic mass is 9.89. The molecule has 6 nitrogen and oxygen atoms in total. The Morgan fingerprint density at radius 3 is 2.72 bits per heavy atom. The average Bonchev–Trinajstić information content (AvgIpc) is 3.21. The van der Waals surface area contributed by atoms with Crippen molar-refractivity contribution in [1.29, 1.82) is 0 Å². The van der Waals surface area contributed by atoms with Crippen LogP contribution in [-0.4, -0.2) is 25.5 Å². The number of rotatable bonds is 4. The van der Waals surface area contributed by atoms with E-state index < -0.39 is 0 Å². The second-order valence-electron chi connectivity index (χ2n) is 8.32. The zero-order valence-electron chi connectivity index (χ0n) is 17.9. The minimum absolute atomic E-state index is 0.0278. The van der Waals surface area contributed by atoms with Gasteiger partial charge in [-0.1, -0.05) is 19.3 Å². The second-order valence-corrected chi connectivity index (χ2v) is 8.32. The standard InChI is InChI=1S/C25H24FN5O/c1-16-14-18(9-10-20(16)26)23-24(31-22(30-23)8-5-12-28-31)19-11-13-27-21(15-19)29-25(32)17-6-3-2-4-7-17/h5,8-15,17H,2-4,6-7H2,1H3,(H,27,29,32). The maximum Gasteiger partial charge on any atom is 0.228 e. The molecular formula is C25H24FN5O. The van der Waals surface area contributed by atoms with Crippen LogP contribution in [0.2, 0.25) is 0 Å². The number of aryl methyl sites for hydroxylation is 1. The third kappa shape index (κ3) is 3.86. The van der Waals surface area contributed by atoms with E-state index in [9.17, 15) is 9.18 Å². The monoisotopic (exact) mass is 429 g/mol. The number of nitrogens with one attached hydrogen (secondary N) is 1. The molecule has 0 saturated heterocycles. The number of aromatic nitrogens is 4. The van der Waals surface area contributed by atoms with Gasteiger partial charge in [-0.25, -0.2) is 18.9 Å². The van der Waals surface area contributed by atoms with E-state index in [-0.39, 0.29) is 17.6 Å². The molecule has 5 rings (SSSR count). The third-order valence-corrected chi connectivity index (χ3v) is 6.08. The first-order valence-corrected chi connectivity index (χ1v) is 11.0. The van der Waals surface area contributed by atoms with Crippen molar-refractivity contribution < 1.29 is 9.18 Å². The van der Waals surface area contributed by atoms with Gasteiger partial charge in [0.2, 0.25) is 5.91 Å². The van der Waals surface area contributed by atoms with Crippen molar-refractivity contribution in [2.24, 2.45) is 5.92 Å². The molecule has 0 radical (unpaired) electrons. The van der Waals surface area contributed by atoms with Crippen LogP contribution in [0.3, 0.4) is 0 Å². The number of hydrogen-bond acceptors (Lipinski definition) is 4. The summed E-state index contributed by atoms with van der Waals surface area (Å²) in [6.45, 7) is 1.73. The van der Waals surface area contributed by atoms with E-state index in [4.69, 9.17) is 4.98 Å². The van der Waals surface area contributed by atoms with E-state index in [0.717, 1.165) is 42.5 Å². The number of hydrogen-bond donors (Lipinski definition) is 1. The molecule has 1 aliphatic carbocycles. The van der Waals surface area contributed by atoms with Gasteiger partial charge in [-0.05, 0) is 67.8 Å². The molecular weight excluding hydrogens is 405 g/mol. The Hall–Kier alpha value is -3.61. The summed E-state index contributed by atoms with van der Waals surface area (Å²) < 4.78 is 15.6. The van der Waals surface area contributed by atoms with Gasteiger partial charge in [0.1, 0.15) is 17.3 Å². The van der Waals surface area contributed by atoms with Gasteiger partial charge in [0.15, 0.2) is 5.65 Å². The molecule has 1 aromatic carbocycles. The van der Waals surface area contributed by atoms with Crippen molar-refractivity contribution in [2.45, 2.75) is 39.0 Å². The van der Waals surface area contributed by atoms with Gasteiger partial charge >= 0.3 is 0 Å². The first-order chi connectivity index (χ1) is 15.6. The summed E-state index contributed by atoms with van der Waals surface area (Å²) in [6, 6.07) is 12.4. The van der Waals surface area contributed by atoms with Crippen LogP contribution in [0.25, 0.3) is 28.2 Å². The third-order valence-electron chi connectivity index (χ3n) is 6.08. The summed E-state index contributed by atoms with van der Waals surface area (Å²) >= 11 is 0. The average molecular weight is 429 g/mol. The minimum Gasteiger partial charge on any atom is -0.310 e. The van der Waals surface area contributed by atoms with Crippen LogP contribution in [-0.2, 0) is 4.79 Å². The van der Waals surface area contributed by atoms with E-state index in [0.29, 0.717) is 22.7 Å². The van der Waals surface area contributed by atoms with Crippen LogP contribution in [0.15, 0.2) is 54.9 Å². The highest BCUT2D eigenvalue weighted by Crippen LogP contribution is 2.34. The lowest BCUT2D eigenvalue weighted by Crippen LogP contribution is -2.25. The summed E-state index contributed by atoms with van der Waals surface area (Å²) in [6.07, 6.45) is 8.62. The van der Waals surface area contributed by atoms with Crippen LogP contribution >= 0.6 is 0 Å². The van der Waals surface area contributed by atoms with Crippen LogP contribution in [0.4, 0.5) is 10.2 Å². The fraction of sp³-hybridized carbons (Fsp3) is 0.280. The topological polar surface area (TPSA) is 72.2 Å². The highest BCUT2D eigenvalue weighted by molar-refractivity contribution is 5.92. The van der Waals surface area contributed by atoms with Crippen LogP contribution in [0, 0.1) is 18.7 Å². The van der Waals surface area contributed by atoms with E-state index in [1.807, 2.05) is 24.3 Å². The first-order valence-electron chi connectivity index (χ1n) is 11.0. The molecule has 162 valence electrons. The van der Waals surface area contributed by atoms with Crippen molar-refractivity contribution in [1.82, 2.24) is 19.6 Å². The first kappa shape index (κ1) is 20.3. The molecule has 4 aromatic rings. The highest BCUT2D eigenvalue weighted by atomic mass is 19.1. The molecule has 1 N–H and O–H groups in total. The van der Waals surface area contributed by atoms with Gasteiger partial charge in [0, 0.05) is 29.4 Å². The molecule has 0 bridgehead atoms. The molecule has 32 heavy (non-hydrogen) atoms. The Morgan fingerprint density at radius 2 is 1.91 bits per heavy atom. The van der Waals surface area contributed by atoms with Gasteiger partial charge in [-0.3, -0.25) is 4.79 Å². The molecule has 1 aliphatic rings. The number of benzene rings is 1. The Balaban J connectivity index is 1.56. The largest absolute Gasteiger partial charge is 0.310 e. The smallest absolute Gasteiger partial charge is 0.228 e. The number of imidazole rings is 1. The molecule has 1 saturated carbocycles. The number of pyridine rings is 1. The number of carbonyl (C=O) groups excluding carboxylic acids is 1. The number of amides is 1. The zero-order chi connectivity index (χ0) is 22.1. The Kier molecular flexibility index (Phi) is 5.39. The Morgan fingerprint density at radius 1 is 1.06 bits per heavy atom. The molecule has 0 aliphatic heterocycles. The molecule has 3 heterocycles. The summed E-state index contributed by atoms with van der Waals surface area (Å²) in [5.41, 5.74) is 4.32. The van der Waals surface area contributed by atoms with Crippen LogP contribution < -0.4 is 5.32 Å². The molecule has 1 amide bonds. The Labute approximate surface area is 185 Å². The minimum atomic E-state index is -0.256.